The molecule has 13 heteroatoms. The third kappa shape index (κ3) is 6.57. The Labute approximate surface area is 225 Å². The van der Waals surface area contributed by atoms with Gasteiger partial charge in [-0.1, -0.05) is 29.8 Å². The summed E-state index contributed by atoms with van der Waals surface area (Å²) in [4.78, 5) is 20.9. The Hall–Kier alpha value is -3.64. The minimum Gasteiger partial charge on any atom is -0.497 e. The molecular weight excluding hydrogens is 539 g/mol. The number of halogens is 2. The zero-order valence-electron chi connectivity index (χ0n) is 19.7. The number of hydrogen-bond donors (Lipinski definition) is 4. The number of benzene rings is 3. The molecule has 0 spiro atoms. The highest BCUT2D eigenvalue weighted by atomic mass is 35.5. The number of hydrogen-bond acceptors (Lipinski definition) is 8. The van der Waals surface area contributed by atoms with Gasteiger partial charge in [0, 0.05) is 11.8 Å². The molecule has 1 aromatic heterocycles. The number of rotatable bonds is 8. The number of anilines is 4. The van der Waals surface area contributed by atoms with E-state index in [1.54, 1.807) is 48.5 Å². The van der Waals surface area contributed by atoms with Crippen molar-refractivity contribution in [3.05, 3.63) is 71.8 Å². The Morgan fingerprint density at radius 2 is 1.68 bits per heavy atom. The molecule has 0 aliphatic carbocycles. The maximum absolute atomic E-state index is 13.3. The van der Waals surface area contributed by atoms with Crippen LogP contribution >= 0.6 is 24.0 Å². The molecule has 0 saturated carbocycles. The predicted octanol–water partition coefficient (Wildman–Crippen LogP) is 4.54. The number of para-hydroxylation sites is 2. The fourth-order valence-corrected chi connectivity index (χ4v) is 4.42. The zero-order valence-corrected chi connectivity index (χ0v) is 22.1. The molecule has 1 amide bonds. The summed E-state index contributed by atoms with van der Waals surface area (Å²) in [6.45, 7) is 1.53. The van der Waals surface area contributed by atoms with Gasteiger partial charge < -0.3 is 21.1 Å². The number of sulfonamides is 1. The summed E-state index contributed by atoms with van der Waals surface area (Å²) in [5.74, 6) is 0.189. The van der Waals surface area contributed by atoms with Crippen molar-refractivity contribution in [1.82, 2.24) is 9.97 Å². The summed E-state index contributed by atoms with van der Waals surface area (Å²) in [7, 11) is -2.61. The van der Waals surface area contributed by atoms with Gasteiger partial charge in [-0.15, -0.1) is 12.4 Å². The smallest absolute Gasteiger partial charge is 0.263 e. The van der Waals surface area contributed by atoms with Crippen molar-refractivity contribution in [2.75, 3.05) is 22.5 Å². The van der Waals surface area contributed by atoms with E-state index in [-0.39, 0.29) is 34.6 Å². The highest BCUT2D eigenvalue weighted by Gasteiger charge is 2.20. The SMILES string of the molecule is COc1ccc(Cl)c(Nc2nc3ccccc3nc2NS(=O)(=O)c2cccc(NC(=O)[C@H](C)N)c2)c1.Cl. The number of ether oxygens (including phenoxy) is 1. The topological polar surface area (TPSA) is 148 Å². The molecule has 1 atom stereocenters. The molecule has 5 N–H and O–H groups in total. The summed E-state index contributed by atoms with van der Waals surface area (Å²) in [5, 5.41) is 6.00. The molecule has 0 unspecified atom stereocenters. The van der Waals surface area contributed by atoms with Gasteiger partial charge in [-0.3, -0.25) is 9.52 Å². The molecule has 0 fully saturated rings. The van der Waals surface area contributed by atoms with Gasteiger partial charge in [-0.05, 0) is 49.4 Å². The van der Waals surface area contributed by atoms with Crippen molar-refractivity contribution in [3.63, 3.8) is 0 Å². The maximum Gasteiger partial charge on any atom is 0.263 e. The van der Waals surface area contributed by atoms with Crippen LogP contribution in [0.3, 0.4) is 0 Å². The summed E-state index contributed by atoms with van der Waals surface area (Å²) in [6, 6.07) is 17.1. The van der Waals surface area contributed by atoms with Crippen LogP contribution in [0.4, 0.5) is 23.0 Å². The second-order valence-corrected chi connectivity index (χ2v) is 9.88. The molecule has 4 rings (SSSR count). The Balaban J connectivity index is 0.00000380. The minimum absolute atomic E-state index is 0. The van der Waals surface area contributed by atoms with Crippen molar-refractivity contribution in [1.29, 1.82) is 0 Å². The standard InChI is InChI=1S/C24H23ClN6O4S.ClH/c1-14(26)24(32)27-15-6-5-7-17(12-15)36(33,34)31-23-22(28-19-8-3-4-9-20(19)29-23)30-21-13-16(35-2)10-11-18(21)25;/h3-14H,26H2,1-2H3,(H,27,32)(H,28,30)(H,29,31);1H/t14-;/m0./s1. The second-order valence-electron chi connectivity index (χ2n) is 7.79. The molecule has 0 bridgehead atoms. The quantitative estimate of drug-likeness (QED) is 0.244. The minimum atomic E-state index is -4.13. The molecule has 4 aromatic rings. The van der Waals surface area contributed by atoms with Gasteiger partial charge in [0.05, 0.1) is 39.8 Å². The van der Waals surface area contributed by atoms with Gasteiger partial charge in [-0.25, -0.2) is 18.4 Å². The van der Waals surface area contributed by atoms with Gasteiger partial charge in [0.2, 0.25) is 5.91 Å². The van der Waals surface area contributed by atoms with Crippen LogP contribution in [-0.2, 0) is 14.8 Å². The predicted molar refractivity (Wildman–Crippen MR) is 148 cm³/mol. The highest BCUT2D eigenvalue weighted by Crippen LogP contribution is 2.33. The van der Waals surface area contributed by atoms with Crippen molar-refractivity contribution >= 4 is 74.0 Å². The third-order valence-corrected chi connectivity index (χ3v) is 6.72. The van der Waals surface area contributed by atoms with E-state index in [9.17, 15) is 13.2 Å². The van der Waals surface area contributed by atoms with E-state index in [0.717, 1.165) is 0 Å². The molecule has 3 aromatic carbocycles. The fraction of sp³-hybridized carbons (Fsp3) is 0.125. The van der Waals surface area contributed by atoms with E-state index < -0.39 is 22.0 Å². The van der Waals surface area contributed by atoms with E-state index in [1.807, 2.05) is 0 Å². The summed E-state index contributed by atoms with van der Waals surface area (Å²) >= 11 is 6.34. The molecule has 0 aliphatic rings. The molecule has 0 saturated heterocycles. The summed E-state index contributed by atoms with van der Waals surface area (Å²) in [6.07, 6.45) is 0. The van der Waals surface area contributed by atoms with Crippen LogP contribution in [0.5, 0.6) is 5.75 Å². The first-order valence-corrected chi connectivity index (χ1v) is 12.6. The van der Waals surface area contributed by atoms with Gasteiger partial charge >= 0.3 is 0 Å². The Morgan fingerprint density at radius 3 is 2.32 bits per heavy atom. The van der Waals surface area contributed by atoms with Crippen LogP contribution < -0.4 is 25.8 Å². The largest absolute Gasteiger partial charge is 0.497 e. The number of carbonyl (C=O) groups is 1. The zero-order chi connectivity index (χ0) is 25.9. The average Bonchev–Trinajstić information content (AvgIpc) is 2.85. The normalized spacial score (nSPS) is 11.8. The first kappa shape index (κ1) is 27.9. The Morgan fingerprint density at radius 1 is 1.00 bits per heavy atom. The summed E-state index contributed by atoms with van der Waals surface area (Å²) < 4.78 is 34.3. The van der Waals surface area contributed by atoms with Crippen LogP contribution in [0.15, 0.2) is 71.6 Å². The molecule has 0 aliphatic heterocycles. The lowest BCUT2D eigenvalue weighted by atomic mass is 10.3. The van der Waals surface area contributed by atoms with Crippen LogP contribution in [0.25, 0.3) is 11.0 Å². The van der Waals surface area contributed by atoms with Crippen molar-refractivity contribution in [2.45, 2.75) is 17.9 Å². The third-order valence-electron chi connectivity index (χ3n) is 5.05. The number of nitrogens with zero attached hydrogens (tertiary/aromatic N) is 2. The Kier molecular flexibility index (Phi) is 8.77. The number of amides is 1. The van der Waals surface area contributed by atoms with Crippen molar-refractivity contribution in [3.8, 4) is 5.75 Å². The monoisotopic (exact) mass is 562 g/mol. The number of nitrogens with two attached hydrogens (primary N) is 1. The lowest BCUT2D eigenvalue weighted by Crippen LogP contribution is -2.32. The molecule has 194 valence electrons. The van der Waals surface area contributed by atoms with Crippen LogP contribution in [0.1, 0.15) is 6.92 Å². The van der Waals surface area contributed by atoms with E-state index in [1.165, 1.54) is 32.2 Å². The van der Waals surface area contributed by atoms with Crippen LogP contribution in [-0.4, -0.2) is 37.4 Å². The molecule has 10 nitrogen and oxygen atoms in total. The number of methoxy groups -OCH3 is 1. The molecule has 37 heavy (non-hydrogen) atoms. The molecule has 1 heterocycles. The number of nitrogens with one attached hydrogen (secondary N) is 3. The molecular formula is C24H24Cl2N6O4S. The van der Waals surface area contributed by atoms with E-state index in [0.29, 0.717) is 27.5 Å². The number of carbonyl (C=O) groups excluding carboxylic acids is 1. The van der Waals surface area contributed by atoms with Gasteiger partial charge in [0.15, 0.2) is 11.6 Å². The second kappa shape index (κ2) is 11.6. The van der Waals surface area contributed by atoms with Crippen LogP contribution in [0, 0.1) is 0 Å². The fourth-order valence-electron chi connectivity index (χ4n) is 3.20. The van der Waals surface area contributed by atoms with Gasteiger partial charge in [0.25, 0.3) is 10.0 Å². The van der Waals surface area contributed by atoms with Gasteiger partial charge in [-0.2, -0.15) is 0 Å². The molecule has 0 radical (unpaired) electrons. The Bertz CT molecular complexity index is 1550. The van der Waals surface area contributed by atoms with Crippen LogP contribution in [0.2, 0.25) is 5.02 Å². The first-order valence-electron chi connectivity index (χ1n) is 10.7. The number of aromatic nitrogens is 2. The van der Waals surface area contributed by atoms with Crippen molar-refractivity contribution in [2.24, 2.45) is 5.73 Å². The van der Waals surface area contributed by atoms with Gasteiger partial charge in [0.1, 0.15) is 5.75 Å². The lowest BCUT2D eigenvalue weighted by Gasteiger charge is -2.15. The average molecular weight is 563 g/mol. The summed E-state index contributed by atoms with van der Waals surface area (Å²) in [5.41, 5.74) is 7.34. The van der Waals surface area contributed by atoms with E-state index in [4.69, 9.17) is 22.1 Å². The first-order chi connectivity index (χ1) is 17.2. The van der Waals surface area contributed by atoms with E-state index in [2.05, 4.69) is 25.3 Å². The number of fused-ring (bicyclic) bond motifs is 1. The maximum atomic E-state index is 13.3. The van der Waals surface area contributed by atoms with E-state index >= 15 is 0 Å². The van der Waals surface area contributed by atoms with Crippen molar-refractivity contribution < 1.29 is 17.9 Å². The highest BCUT2D eigenvalue weighted by molar-refractivity contribution is 7.92. The lowest BCUT2D eigenvalue weighted by molar-refractivity contribution is -0.117.